The lowest BCUT2D eigenvalue weighted by molar-refractivity contribution is 0.0994. The number of aryl methyl sites for hydroxylation is 1. The molecule has 14 heavy (non-hydrogen) atoms. The zero-order valence-corrected chi connectivity index (χ0v) is 8.63. The van der Waals surface area contributed by atoms with Crippen molar-refractivity contribution in [1.82, 2.24) is 0 Å². The molecule has 0 bridgehead atoms. The Balaban J connectivity index is 2.28. The van der Waals surface area contributed by atoms with Gasteiger partial charge in [0.05, 0.1) is 0 Å². The number of carbonyl (C=O) groups excluding carboxylic acids is 1. The predicted octanol–water partition coefficient (Wildman–Crippen LogP) is 2.64. The number of hydrogen-bond donors (Lipinski definition) is 1. The molecule has 1 aromatic rings. The van der Waals surface area contributed by atoms with Crippen molar-refractivity contribution in [3.63, 3.8) is 0 Å². The van der Waals surface area contributed by atoms with Crippen molar-refractivity contribution in [3.05, 3.63) is 29.3 Å². The minimum atomic E-state index is 0.288. The first kappa shape index (κ1) is 9.25. The van der Waals surface area contributed by atoms with Crippen molar-refractivity contribution in [2.24, 2.45) is 0 Å². The van der Waals surface area contributed by atoms with E-state index >= 15 is 0 Å². The molecule has 0 fully saturated rings. The predicted molar refractivity (Wildman–Crippen MR) is 57.9 cm³/mol. The summed E-state index contributed by atoms with van der Waals surface area (Å²) in [7, 11) is 0. The van der Waals surface area contributed by atoms with Crippen LogP contribution in [-0.4, -0.2) is 11.8 Å². The Hall–Kier alpha value is -1.31. The van der Waals surface area contributed by atoms with Crippen molar-refractivity contribution in [1.29, 1.82) is 0 Å². The van der Waals surface area contributed by atoms with Crippen LogP contribution in [-0.2, 0) is 6.42 Å². The van der Waals surface area contributed by atoms with Crippen molar-refractivity contribution < 1.29 is 4.79 Å². The van der Waals surface area contributed by atoms with Crippen LogP contribution in [0.25, 0.3) is 0 Å². The van der Waals surface area contributed by atoms with Gasteiger partial charge in [-0.05, 0) is 44.0 Å². The first-order chi connectivity index (χ1) is 6.66. The number of anilines is 1. The molecule has 0 radical (unpaired) electrons. The number of ketones is 1. The van der Waals surface area contributed by atoms with E-state index in [0.717, 1.165) is 17.7 Å². The maximum Gasteiger partial charge on any atom is 0.163 e. The molecule has 74 valence electrons. The highest BCUT2D eigenvalue weighted by Gasteiger charge is 2.18. The Bertz CT molecular complexity index is 369. The SMILES string of the molecule is CC(C)Nc1ccc2c(c1)CCC2=O. The van der Waals surface area contributed by atoms with Gasteiger partial charge in [-0.25, -0.2) is 0 Å². The van der Waals surface area contributed by atoms with Crippen LogP contribution in [0.2, 0.25) is 0 Å². The van der Waals surface area contributed by atoms with Gasteiger partial charge >= 0.3 is 0 Å². The molecule has 0 spiro atoms. The van der Waals surface area contributed by atoms with E-state index in [1.807, 2.05) is 12.1 Å². The molecule has 0 saturated heterocycles. The maximum atomic E-state index is 11.4. The summed E-state index contributed by atoms with van der Waals surface area (Å²) in [5.74, 6) is 0.288. The van der Waals surface area contributed by atoms with Crippen LogP contribution < -0.4 is 5.32 Å². The maximum absolute atomic E-state index is 11.4. The second-order valence-corrected chi connectivity index (χ2v) is 4.09. The van der Waals surface area contributed by atoms with E-state index in [1.54, 1.807) is 0 Å². The smallest absolute Gasteiger partial charge is 0.163 e. The Morgan fingerprint density at radius 1 is 1.29 bits per heavy atom. The molecule has 0 atom stereocenters. The Labute approximate surface area is 84.3 Å². The third-order valence-electron chi connectivity index (χ3n) is 2.48. The van der Waals surface area contributed by atoms with Gasteiger partial charge < -0.3 is 5.32 Å². The molecule has 0 aliphatic heterocycles. The first-order valence-electron chi connectivity index (χ1n) is 5.09. The Morgan fingerprint density at radius 2 is 2.07 bits per heavy atom. The van der Waals surface area contributed by atoms with Crippen LogP contribution in [0.4, 0.5) is 5.69 Å². The van der Waals surface area contributed by atoms with E-state index in [0.29, 0.717) is 12.5 Å². The second-order valence-electron chi connectivity index (χ2n) is 4.09. The molecule has 0 heterocycles. The monoisotopic (exact) mass is 189 g/mol. The van der Waals surface area contributed by atoms with E-state index < -0.39 is 0 Å². The van der Waals surface area contributed by atoms with Crippen LogP contribution in [0.5, 0.6) is 0 Å². The molecule has 0 saturated carbocycles. The van der Waals surface area contributed by atoms with Gasteiger partial charge in [-0.3, -0.25) is 4.79 Å². The zero-order valence-electron chi connectivity index (χ0n) is 8.63. The van der Waals surface area contributed by atoms with Crippen molar-refractivity contribution in [2.45, 2.75) is 32.7 Å². The lowest BCUT2D eigenvalue weighted by atomic mass is 10.1. The summed E-state index contributed by atoms with van der Waals surface area (Å²) in [5, 5.41) is 3.34. The summed E-state index contributed by atoms with van der Waals surface area (Å²) in [6, 6.07) is 6.46. The summed E-state index contributed by atoms with van der Waals surface area (Å²) in [5.41, 5.74) is 3.23. The fourth-order valence-corrected chi connectivity index (χ4v) is 1.88. The lowest BCUT2D eigenvalue weighted by Gasteiger charge is -2.10. The molecule has 1 aliphatic rings. The molecule has 2 heteroatoms. The van der Waals surface area contributed by atoms with E-state index in [2.05, 4.69) is 25.2 Å². The molecule has 0 aromatic heterocycles. The molecule has 1 aromatic carbocycles. The number of carbonyl (C=O) groups is 1. The molecule has 0 amide bonds. The second kappa shape index (κ2) is 3.45. The third-order valence-corrected chi connectivity index (χ3v) is 2.48. The van der Waals surface area contributed by atoms with Gasteiger partial charge in [0.15, 0.2) is 5.78 Å². The number of rotatable bonds is 2. The normalized spacial score (nSPS) is 14.6. The van der Waals surface area contributed by atoms with Crippen LogP contribution >= 0.6 is 0 Å². The number of nitrogens with one attached hydrogen (secondary N) is 1. The van der Waals surface area contributed by atoms with Gasteiger partial charge in [-0.1, -0.05) is 0 Å². The average Bonchev–Trinajstić information content (AvgIpc) is 2.46. The van der Waals surface area contributed by atoms with E-state index in [4.69, 9.17) is 0 Å². The van der Waals surface area contributed by atoms with Gasteiger partial charge in [-0.15, -0.1) is 0 Å². The minimum absolute atomic E-state index is 0.288. The largest absolute Gasteiger partial charge is 0.383 e. The van der Waals surface area contributed by atoms with Gasteiger partial charge in [-0.2, -0.15) is 0 Å². The van der Waals surface area contributed by atoms with Crippen LogP contribution in [0, 0.1) is 0 Å². The van der Waals surface area contributed by atoms with Crippen molar-refractivity contribution >= 4 is 11.5 Å². The number of Topliss-reactive ketones (excluding diaryl/α,β-unsaturated/α-hetero) is 1. The number of fused-ring (bicyclic) bond motifs is 1. The van der Waals surface area contributed by atoms with E-state index in [1.165, 1.54) is 5.56 Å². The van der Waals surface area contributed by atoms with E-state index in [-0.39, 0.29) is 5.78 Å². The quantitative estimate of drug-likeness (QED) is 0.774. The number of hydrogen-bond acceptors (Lipinski definition) is 2. The molecule has 0 unspecified atom stereocenters. The summed E-state index contributed by atoms with van der Waals surface area (Å²) in [6.45, 7) is 4.22. The summed E-state index contributed by atoms with van der Waals surface area (Å²) >= 11 is 0. The third kappa shape index (κ3) is 1.65. The van der Waals surface area contributed by atoms with Gasteiger partial charge in [0.1, 0.15) is 0 Å². The van der Waals surface area contributed by atoms with Gasteiger partial charge in [0.25, 0.3) is 0 Å². The molecule has 1 aliphatic carbocycles. The highest BCUT2D eigenvalue weighted by molar-refractivity contribution is 6.00. The average molecular weight is 189 g/mol. The summed E-state index contributed by atoms with van der Waals surface area (Å²) < 4.78 is 0. The molecule has 2 nitrogen and oxygen atoms in total. The molecule has 2 rings (SSSR count). The van der Waals surface area contributed by atoms with Crippen LogP contribution in [0.1, 0.15) is 36.2 Å². The van der Waals surface area contributed by atoms with Crippen molar-refractivity contribution in [2.75, 3.05) is 5.32 Å². The summed E-state index contributed by atoms with van der Waals surface area (Å²) in [6.07, 6.45) is 1.59. The highest BCUT2D eigenvalue weighted by Crippen LogP contribution is 2.25. The van der Waals surface area contributed by atoms with Crippen molar-refractivity contribution in [3.8, 4) is 0 Å². The van der Waals surface area contributed by atoms with Crippen LogP contribution in [0.15, 0.2) is 18.2 Å². The Morgan fingerprint density at radius 3 is 2.79 bits per heavy atom. The lowest BCUT2D eigenvalue weighted by Crippen LogP contribution is -2.09. The fraction of sp³-hybridized carbons (Fsp3) is 0.417. The van der Waals surface area contributed by atoms with Gasteiger partial charge in [0.2, 0.25) is 0 Å². The summed E-state index contributed by atoms with van der Waals surface area (Å²) in [4.78, 5) is 11.4. The highest BCUT2D eigenvalue weighted by atomic mass is 16.1. The van der Waals surface area contributed by atoms with Crippen LogP contribution in [0.3, 0.4) is 0 Å². The topological polar surface area (TPSA) is 29.1 Å². The first-order valence-corrected chi connectivity index (χ1v) is 5.09. The molecule has 1 N–H and O–H groups in total. The fourth-order valence-electron chi connectivity index (χ4n) is 1.88. The van der Waals surface area contributed by atoms with E-state index in [9.17, 15) is 4.79 Å². The molecular formula is C12H15NO. The van der Waals surface area contributed by atoms with Gasteiger partial charge in [0, 0.05) is 23.7 Å². The molecular weight excluding hydrogens is 174 g/mol. The zero-order chi connectivity index (χ0) is 10.1. The Kier molecular flexibility index (Phi) is 2.28. The standard InChI is InChI=1S/C12H15NO/c1-8(2)13-10-4-5-11-9(7-10)3-6-12(11)14/h4-5,7-8,13H,3,6H2,1-2H3. The minimum Gasteiger partial charge on any atom is -0.383 e. The number of benzene rings is 1.